The smallest absolute Gasteiger partial charge is 0.253 e. The molecule has 0 bridgehead atoms. The minimum atomic E-state index is -0.0523. The van der Waals surface area contributed by atoms with Crippen molar-refractivity contribution in [2.75, 3.05) is 13.1 Å². The highest BCUT2D eigenvalue weighted by Gasteiger charge is 2.15. The third kappa shape index (κ3) is 3.26. The average Bonchev–Trinajstić information content (AvgIpc) is 2.85. The number of nitrogens with one attached hydrogen (secondary N) is 2. The van der Waals surface area contributed by atoms with E-state index in [9.17, 15) is 4.79 Å². The number of rotatable bonds is 4. The molecule has 0 unspecified atom stereocenters. The second-order valence-corrected chi connectivity index (χ2v) is 4.82. The van der Waals surface area contributed by atoms with Crippen LogP contribution in [0.4, 0.5) is 0 Å². The Morgan fingerprint density at radius 3 is 3.06 bits per heavy atom. The molecule has 0 spiro atoms. The predicted octanol–water partition coefficient (Wildman–Crippen LogP) is 0.965. The minimum Gasteiger partial charge on any atom is -0.352 e. The molecule has 18 heavy (non-hydrogen) atoms. The molecule has 5 heteroatoms. The molecule has 0 aromatic carbocycles. The van der Waals surface area contributed by atoms with Gasteiger partial charge in [-0.1, -0.05) is 0 Å². The fourth-order valence-corrected chi connectivity index (χ4v) is 2.24. The van der Waals surface area contributed by atoms with E-state index in [1.807, 2.05) is 6.92 Å². The zero-order valence-electron chi connectivity index (χ0n) is 11.0. The number of hydrogen-bond donors (Lipinski definition) is 2. The van der Waals surface area contributed by atoms with Crippen molar-refractivity contribution in [3.8, 4) is 0 Å². The van der Waals surface area contributed by atoms with Crippen LogP contribution in [-0.4, -0.2) is 35.2 Å². The van der Waals surface area contributed by atoms with Crippen molar-refractivity contribution in [1.29, 1.82) is 0 Å². The highest BCUT2D eigenvalue weighted by Crippen LogP contribution is 2.08. The van der Waals surface area contributed by atoms with Gasteiger partial charge in [0.05, 0.1) is 17.0 Å². The van der Waals surface area contributed by atoms with Crippen LogP contribution in [0, 0.1) is 13.8 Å². The van der Waals surface area contributed by atoms with E-state index in [0.717, 1.165) is 18.7 Å². The second kappa shape index (κ2) is 5.91. The maximum Gasteiger partial charge on any atom is 0.253 e. The first kappa shape index (κ1) is 13.0. The van der Waals surface area contributed by atoms with E-state index in [-0.39, 0.29) is 5.91 Å². The van der Waals surface area contributed by atoms with Gasteiger partial charge >= 0.3 is 0 Å². The van der Waals surface area contributed by atoms with E-state index in [2.05, 4.69) is 20.8 Å². The number of hydrogen-bond acceptors (Lipinski definition) is 4. The first-order valence-electron chi connectivity index (χ1n) is 6.49. The van der Waals surface area contributed by atoms with E-state index in [0.29, 0.717) is 23.8 Å². The predicted molar refractivity (Wildman–Crippen MR) is 69.5 cm³/mol. The van der Waals surface area contributed by atoms with Crippen LogP contribution in [0.1, 0.15) is 41.0 Å². The van der Waals surface area contributed by atoms with Crippen LogP contribution in [0.25, 0.3) is 0 Å². The Morgan fingerprint density at radius 2 is 2.33 bits per heavy atom. The Kier molecular flexibility index (Phi) is 4.25. The molecule has 1 amide bonds. The van der Waals surface area contributed by atoms with Gasteiger partial charge in [0.25, 0.3) is 5.91 Å². The number of nitrogens with zero attached hydrogens (tertiary/aromatic N) is 2. The van der Waals surface area contributed by atoms with Gasteiger partial charge in [0.15, 0.2) is 0 Å². The molecule has 0 aliphatic carbocycles. The van der Waals surface area contributed by atoms with Crippen LogP contribution < -0.4 is 10.6 Å². The summed E-state index contributed by atoms with van der Waals surface area (Å²) in [6, 6.07) is 2.34. The Morgan fingerprint density at radius 1 is 1.50 bits per heavy atom. The van der Waals surface area contributed by atoms with Gasteiger partial charge in [-0.2, -0.15) is 10.2 Å². The molecule has 0 radical (unpaired) electrons. The molecule has 1 fully saturated rings. The summed E-state index contributed by atoms with van der Waals surface area (Å²) in [6.07, 6.45) is 3.44. The lowest BCUT2D eigenvalue weighted by Crippen LogP contribution is -2.31. The molecule has 1 aromatic rings. The first-order valence-corrected chi connectivity index (χ1v) is 6.49. The Balaban J connectivity index is 1.85. The summed E-state index contributed by atoms with van der Waals surface area (Å²) in [7, 11) is 0. The molecule has 0 saturated carbocycles. The van der Waals surface area contributed by atoms with Crippen LogP contribution in [0.5, 0.6) is 0 Å². The molecule has 2 N–H and O–H groups in total. The van der Waals surface area contributed by atoms with Crippen molar-refractivity contribution in [2.45, 2.75) is 39.2 Å². The van der Waals surface area contributed by atoms with E-state index in [4.69, 9.17) is 0 Å². The average molecular weight is 248 g/mol. The van der Waals surface area contributed by atoms with Gasteiger partial charge in [0, 0.05) is 12.6 Å². The van der Waals surface area contributed by atoms with Gasteiger partial charge in [-0.05, 0) is 45.7 Å². The van der Waals surface area contributed by atoms with E-state index < -0.39 is 0 Å². The lowest BCUT2D eigenvalue weighted by atomic mass is 10.1. The monoisotopic (exact) mass is 248 g/mol. The van der Waals surface area contributed by atoms with Crippen LogP contribution >= 0.6 is 0 Å². The highest BCUT2D eigenvalue weighted by molar-refractivity contribution is 5.95. The molecule has 2 rings (SSSR count). The fourth-order valence-electron chi connectivity index (χ4n) is 2.24. The lowest BCUT2D eigenvalue weighted by Gasteiger charge is -2.11. The quantitative estimate of drug-likeness (QED) is 0.833. The first-order chi connectivity index (χ1) is 8.66. The molecule has 1 aliphatic rings. The molecule has 1 aromatic heterocycles. The normalized spacial score (nSPS) is 18.9. The SMILES string of the molecule is Cc1cc(C(=O)NCC[C@@H]2CCCN2)c(C)nn1. The largest absolute Gasteiger partial charge is 0.352 e. The molecule has 2 heterocycles. The van der Waals surface area contributed by atoms with Crippen molar-refractivity contribution in [2.24, 2.45) is 0 Å². The number of aromatic nitrogens is 2. The molecular weight excluding hydrogens is 228 g/mol. The number of carbonyl (C=O) groups is 1. The van der Waals surface area contributed by atoms with E-state index in [1.54, 1.807) is 13.0 Å². The lowest BCUT2D eigenvalue weighted by molar-refractivity contribution is 0.0951. The van der Waals surface area contributed by atoms with Gasteiger partial charge in [-0.25, -0.2) is 0 Å². The van der Waals surface area contributed by atoms with Crippen molar-refractivity contribution in [3.63, 3.8) is 0 Å². The summed E-state index contributed by atoms with van der Waals surface area (Å²) in [5.74, 6) is -0.0523. The maximum atomic E-state index is 12.0. The molecule has 1 aliphatic heterocycles. The van der Waals surface area contributed by atoms with Crippen molar-refractivity contribution in [3.05, 3.63) is 23.0 Å². The van der Waals surface area contributed by atoms with Gasteiger partial charge in [0.2, 0.25) is 0 Å². The fraction of sp³-hybridized carbons (Fsp3) is 0.615. The van der Waals surface area contributed by atoms with Gasteiger partial charge in [-0.3, -0.25) is 4.79 Å². The van der Waals surface area contributed by atoms with E-state index in [1.165, 1.54) is 12.8 Å². The molecule has 5 nitrogen and oxygen atoms in total. The number of amides is 1. The topological polar surface area (TPSA) is 66.9 Å². The van der Waals surface area contributed by atoms with Crippen LogP contribution in [0.3, 0.4) is 0 Å². The minimum absolute atomic E-state index is 0.0523. The van der Waals surface area contributed by atoms with Crippen LogP contribution in [0.2, 0.25) is 0 Å². The molecule has 1 saturated heterocycles. The summed E-state index contributed by atoms with van der Waals surface area (Å²) in [6.45, 7) is 5.45. The van der Waals surface area contributed by atoms with E-state index >= 15 is 0 Å². The van der Waals surface area contributed by atoms with Gasteiger partial charge < -0.3 is 10.6 Å². The van der Waals surface area contributed by atoms with Gasteiger partial charge in [0.1, 0.15) is 0 Å². The van der Waals surface area contributed by atoms with Crippen LogP contribution in [-0.2, 0) is 0 Å². The van der Waals surface area contributed by atoms with Gasteiger partial charge in [-0.15, -0.1) is 0 Å². The zero-order valence-corrected chi connectivity index (χ0v) is 11.0. The highest BCUT2D eigenvalue weighted by atomic mass is 16.1. The van der Waals surface area contributed by atoms with Crippen molar-refractivity contribution >= 4 is 5.91 Å². The summed E-state index contributed by atoms with van der Waals surface area (Å²) in [5.41, 5.74) is 2.07. The Labute approximate surface area is 107 Å². The zero-order chi connectivity index (χ0) is 13.0. The summed E-state index contributed by atoms with van der Waals surface area (Å²) < 4.78 is 0. The molecule has 98 valence electrons. The number of carbonyl (C=O) groups excluding carboxylic acids is 1. The molecule has 1 atom stereocenters. The standard InChI is InChI=1S/C13H20N4O/c1-9-8-12(10(2)17-16-9)13(18)15-7-5-11-4-3-6-14-11/h8,11,14H,3-7H2,1-2H3,(H,15,18)/t11-/m0/s1. The summed E-state index contributed by atoms with van der Waals surface area (Å²) in [4.78, 5) is 12.0. The third-order valence-electron chi connectivity index (χ3n) is 3.29. The molecular formula is C13H20N4O. The van der Waals surface area contributed by atoms with Crippen LogP contribution in [0.15, 0.2) is 6.07 Å². The Hall–Kier alpha value is -1.49. The second-order valence-electron chi connectivity index (χ2n) is 4.82. The van der Waals surface area contributed by atoms with Crippen molar-refractivity contribution < 1.29 is 4.79 Å². The summed E-state index contributed by atoms with van der Waals surface area (Å²) >= 11 is 0. The van der Waals surface area contributed by atoms with Crippen molar-refractivity contribution in [1.82, 2.24) is 20.8 Å². The number of aryl methyl sites for hydroxylation is 2. The maximum absolute atomic E-state index is 12.0. The third-order valence-corrected chi connectivity index (χ3v) is 3.29. The summed E-state index contributed by atoms with van der Waals surface area (Å²) in [5, 5.41) is 14.3. The Bertz CT molecular complexity index is 427.